The Bertz CT molecular complexity index is 816. The maximum Gasteiger partial charge on any atom is 0.257 e. The number of ether oxygens (including phenoxy) is 1. The number of imidazole rings is 1. The van der Waals surface area contributed by atoms with Crippen LogP contribution in [0.25, 0.3) is 0 Å². The van der Waals surface area contributed by atoms with Crippen molar-refractivity contribution >= 4 is 5.91 Å². The number of carbonyl (C=O) groups is 1. The monoisotopic (exact) mass is 371 g/mol. The van der Waals surface area contributed by atoms with Crippen molar-refractivity contribution in [2.45, 2.75) is 44.6 Å². The first kappa shape index (κ1) is 18.0. The van der Waals surface area contributed by atoms with E-state index in [4.69, 9.17) is 4.74 Å². The van der Waals surface area contributed by atoms with Gasteiger partial charge in [0, 0.05) is 37.9 Å². The number of hydrogen-bond donors (Lipinski definition) is 0. The second-order valence-electron chi connectivity index (χ2n) is 7.67. The molecule has 2 aromatic rings. The maximum atomic E-state index is 13.7. The van der Waals surface area contributed by atoms with E-state index in [2.05, 4.69) is 15.7 Å². The largest absolute Gasteiger partial charge is 0.496 e. The number of piperidine rings is 1. The lowest BCUT2D eigenvalue weighted by atomic mass is 9.85. The average Bonchev–Trinajstić information content (AvgIpc) is 3.12. The highest BCUT2D eigenvalue weighted by atomic mass is 19.1. The third kappa shape index (κ3) is 3.70. The lowest BCUT2D eigenvalue weighted by Gasteiger charge is -2.34. The number of benzene rings is 1. The van der Waals surface area contributed by atoms with Gasteiger partial charge in [-0.2, -0.15) is 0 Å². The molecule has 144 valence electrons. The molecule has 5 nitrogen and oxygen atoms in total. The molecule has 27 heavy (non-hydrogen) atoms. The van der Waals surface area contributed by atoms with Gasteiger partial charge in [0.15, 0.2) is 0 Å². The summed E-state index contributed by atoms with van der Waals surface area (Å²) in [6.45, 7) is 2.32. The lowest BCUT2D eigenvalue weighted by Crippen LogP contribution is -2.40. The number of methoxy groups -OCH3 is 1. The predicted octanol–water partition coefficient (Wildman–Crippen LogP) is 3.85. The highest BCUT2D eigenvalue weighted by Crippen LogP contribution is 2.32. The van der Waals surface area contributed by atoms with Gasteiger partial charge in [0.1, 0.15) is 17.4 Å². The van der Waals surface area contributed by atoms with Crippen LogP contribution in [-0.4, -0.2) is 40.6 Å². The van der Waals surface area contributed by atoms with Crippen LogP contribution in [0.1, 0.15) is 54.2 Å². The molecule has 1 aliphatic heterocycles. The molecule has 1 unspecified atom stereocenters. The van der Waals surface area contributed by atoms with Crippen LogP contribution in [0.3, 0.4) is 0 Å². The Labute approximate surface area is 159 Å². The van der Waals surface area contributed by atoms with Crippen molar-refractivity contribution in [3.63, 3.8) is 0 Å². The van der Waals surface area contributed by atoms with Crippen LogP contribution >= 0.6 is 0 Å². The molecule has 2 heterocycles. The summed E-state index contributed by atoms with van der Waals surface area (Å²) in [5.74, 6) is 1.87. The van der Waals surface area contributed by atoms with E-state index < -0.39 is 5.82 Å². The first-order chi connectivity index (χ1) is 13.2. The highest BCUT2D eigenvalue weighted by Gasteiger charge is 2.30. The summed E-state index contributed by atoms with van der Waals surface area (Å²) in [4.78, 5) is 19.4. The number of amides is 1. The molecule has 1 atom stereocenters. The van der Waals surface area contributed by atoms with Crippen molar-refractivity contribution in [1.29, 1.82) is 0 Å². The van der Waals surface area contributed by atoms with E-state index in [9.17, 15) is 9.18 Å². The molecule has 0 spiro atoms. The fourth-order valence-electron chi connectivity index (χ4n) is 4.18. The van der Waals surface area contributed by atoms with Gasteiger partial charge in [-0.25, -0.2) is 9.37 Å². The molecule has 1 saturated carbocycles. The van der Waals surface area contributed by atoms with Gasteiger partial charge in [-0.1, -0.05) is 6.42 Å². The van der Waals surface area contributed by atoms with Crippen LogP contribution in [0.4, 0.5) is 4.39 Å². The fourth-order valence-corrected chi connectivity index (χ4v) is 4.18. The van der Waals surface area contributed by atoms with Crippen LogP contribution in [0.5, 0.6) is 5.75 Å². The smallest absolute Gasteiger partial charge is 0.257 e. The Morgan fingerprint density at radius 1 is 1.30 bits per heavy atom. The molecule has 0 N–H and O–H groups in total. The molecule has 1 aliphatic carbocycles. The SMILES string of the molecule is COc1ccc(F)cc1C(=O)N1CCCC(c2nccn2CC2CCC2)C1. The number of halogens is 1. The molecule has 4 rings (SSSR count). The highest BCUT2D eigenvalue weighted by molar-refractivity contribution is 5.97. The molecule has 1 saturated heterocycles. The molecule has 0 bridgehead atoms. The molecule has 1 aromatic carbocycles. The number of nitrogens with zero attached hydrogens (tertiary/aromatic N) is 3. The van der Waals surface area contributed by atoms with Crippen LogP contribution in [-0.2, 0) is 6.54 Å². The minimum absolute atomic E-state index is 0.173. The molecule has 2 fully saturated rings. The lowest BCUT2D eigenvalue weighted by molar-refractivity contribution is 0.0698. The van der Waals surface area contributed by atoms with Crippen molar-refractivity contribution in [2.24, 2.45) is 5.92 Å². The van der Waals surface area contributed by atoms with Crippen molar-refractivity contribution < 1.29 is 13.9 Å². The average molecular weight is 371 g/mol. The van der Waals surface area contributed by atoms with E-state index in [0.29, 0.717) is 18.8 Å². The molecule has 0 radical (unpaired) electrons. The number of hydrogen-bond acceptors (Lipinski definition) is 3. The van der Waals surface area contributed by atoms with Gasteiger partial charge in [0.05, 0.1) is 12.7 Å². The summed E-state index contributed by atoms with van der Waals surface area (Å²) < 4.78 is 21.2. The molecular weight excluding hydrogens is 345 g/mol. The Hall–Kier alpha value is -2.37. The van der Waals surface area contributed by atoms with E-state index in [1.54, 1.807) is 0 Å². The van der Waals surface area contributed by atoms with Gasteiger partial charge in [-0.3, -0.25) is 4.79 Å². The number of rotatable bonds is 5. The number of likely N-dealkylation sites (tertiary alicyclic amines) is 1. The van der Waals surface area contributed by atoms with Gasteiger partial charge in [-0.15, -0.1) is 0 Å². The first-order valence-electron chi connectivity index (χ1n) is 9.79. The number of carbonyl (C=O) groups excluding carboxylic acids is 1. The summed E-state index contributed by atoms with van der Waals surface area (Å²) in [6.07, 6.45) is 9.79. The summed E-state index contributed by atoms with van der Waals surface area (Å²) in [6, 6.07) is 4.09. The van der Waals surface area contributed by atoms with E-state index in [1.165, 1.54) is 44.6 Å². The van der Waals surface area contributed by atoms with Crippen molar-refractivity contribution in [3.8, 4) is 5.75 Å². The zero-order valence-electron chi connectivity index (χ0n) is 15.7. The minimum atomic E-state index is -0.427. The quantitative estimate of drug-likeness (QED) is 0.802. The molecule has 1 aromatic heterocycles. The third-order valence-corrected chi connectivity index (χ3v) is 5.89. The van der Waals surface area contributed by atoms with E-state index in [-0.39, 0.29) is 17.4 Å². The molecule has 6 heteroatoms. The van der Waals surface area contributed by atoms with Gasteiger partial charge in [0.2, 0.25) is 0 Å². The van der Waals surface area contributed by atoms with Gasteiger partial charge < -0.3 is 14.2 Å². The van der Waals surface area contributed by atoms with Crippen LogP contribution in [0, 0.1) is 11.7 Å². The van der Waals surface area contributed by atoms with Crippen molar-refractivity contribution in [3.05, 3.63) is 47.8 Å². The summed E-state index contributed by atoms with van der Waals surface area (Å²) in [5, 5.41) is 0. The standard InChI is InChI=1S/C21H26FN3O2/c1-27-19-8-7-17(22)12-18(19)21(26)25-10-3-6-16(14-25)20-23-9-11-24(20)13-15-4-2-5-15/h7-9,11-12,15-16H,2-6,10,13-14H2,1H3. The van der Waals surface area contributed by atoms with E-state index >= 15 is 0 Å². The van der Waals surface area contributed by atoms with Crippen LogP contribution < -0.4 is 4.74 Å². The van der Waals surface area contributed by atoms with E-state index in [1.807, 2.05) is 11.1 Å². The second kappa shape index (κ2) is 7.71. The van der Waals surface area contributed by atoms with Crippen LogP contribution in [0.15, 0.2) is 30.6 Å². The summed E-state index contributed by atoms with van der Waals surface area (Å²) >= 11 is 0. The first-order valence-corrected chi connectivity index (χ1v) is 9.79. The van der Waals surface area contributed by atoms with Gasteiger partial charge in [0.25, 0.3) is 5.91 Å². The topological polar surface area (TPSA) is 47.4 Å². The molecular formula is C21H26FN3O2. The Kier molecular flexibility index (Phi) is 5.14. The maximum absolute atomic E-state index is 13.7. The van der Waals surface area contributed by atoms with Crippen molar-refractivity contribution in [2.75, 3.05) is 20.2 Å². The molecule has 1 amide bonds. The summed E-state index contributed by atoms with van der Waals surface area (Å²) in [7, 11) is 1.50. The van der Waals surface area contributed by atoms with E-state index in [0.717, 1.165) is 31.1 Å². The Morgan fingerprint density at radius 2 is 2.15 bits per heavy atom. The minimum Gasteiger partial charge on any atom is -0.496 e. The Morgan fingerprint density at radius 3 is 2.89 bits per heavy atom. The predicted molar refractivity (Wildman–Crippen MR) is 100 cm³/mol. The normalized spacial score (nSPS) is 20.4. The molecule has 2 aliphatic rings. The van der Waals surface area contributed by atoms with Crippen molar-refractivity contribution in [1.82, 2.24) is 14.5 Å². The number of aromatic nitrogens is 2. The zero-order chi connectivity index (χ0) is 18.8. The summed E-state index contributed by atoms with van der Waals surface area (Å²) in [5.41, 5.74) is 0.288. The fraction of sp³-hybridized carbons (Fsp3) is 0.524. The van der Waals surface area contributed by atoms with Crippen LogP contribution in [0.2, 0.25) is 0 Å². The van der Waals surface area contributed by atoms with Gasteiger partial charge >= 0.3 is 0 Å². The third-order valence-electron chi connectivity index (χ3n) is 5.89. The second-order valence-corrected chi connectivity index (χ2v) is 7.67. The zero-order valence-corrected chi connectivity index (χ0v) is 15.7. The van der Waals surface area contributed by atoms with Gasteiger partial charge in [-0.05, 0) is 49.8 Å². The Balaban J connectivity index is 1.51.